The molecule has 2 saturated heterocycles. The van der Waals surface area contributed by atoms with Crippen LogP contribution in [0.4, 0.5) is 0 Å². The van der Waals surface area contributed by atoms with Crippen molar-refractivity contribution in [2.24, 2.45) is 17.3 Å². The lowest BCUT2D eigenvalue weighted by Crippen LogP contribution is -2.40. The third-order valence-electron chi connectivity index (χ3n) is 8.10. The minimum Gasteiger partial charge on any atom is -0.465 e. The van der Waals surface area contributed by atoms with E-state index < -0.39 is 52.2 Å². The second kappa shape index (κ2) is 14.6. The van der Waals surface area contributed by atoms with E-state index >= 15 is 0 Å². The second-order valence-corrected chi connectivity index (χ2v) is 14.5. The van der Waals surface area contributed by atoms with Crippen molar-refractivity contribution in [3.05, 3.63) is 42.5 Å². The molecule has 0 spiro atoms. The van der Waals surface area contributed by atoms with Gasteiger partial charge in [0.1, 0.15) is 0 Å². The molecule has 2 aliphatic heterocycles. The molecular weight excluding hydrogens is 548 g/mol. The first-order chi connectivity index (χ1) is 19.3. The molecule has 10 heteroatoms. The van der Waals surface area contributed by atoms with E-state index in [9.17, 15) is 23.4 Å². The van der Waals surface area contributed by atoms with Crippen molar-refractivity contribution in [1.29, 1.82) is 0 Å². The molecule has 9 nitrogen and oxygen atoms in total. The average Bonchev–Trinajstić information content (AvgIpc) is 3.23. The van der Waals surface area contributed by atoms with Crippen molar-refractivity contribution >= 4 is 15.8 Å². The van der Waals surface area contributed by atoms with Crippen LogP contribution in [0.5, 0.6) is 0 Å². The third kappa shape index (κ3) is 9.08. The van der Waals surface area contributed by atoms with Gasteiger partial charge in [-0.15, -0.1) is 0 Å². The topological polar surface area (TPSA) is 129 Å². The number of rotatable bonds is 13. The molecule has 0 bridgehead atoms. The summed E-state index contributed by atoms with van der Waals surface area (Å²) in [6.45, 7) is 11.8. The van der Waals surface area contributed by atoms with Crippen molar-refractivity contribution in [2.45, 2.75) is 101 Å². The summed E-state index contributed by atoms with van der Waals surface area (Å²) < 4.78 is 50.9. The Bertz CT molecular complexity index is 1100. The minimum atomic E-state index is -3.66. The molecule has 0 aliphatic carbocycles. The Balaban J connectivity index is 1.74. The monoisotopic (exact) mass is 596 g/mol. The molecule has 2 unspecified atom stereocenters. The van der Waals surface area contributed by atoms with Crippen LogP contribution >= 0.6 is 0 Å². The maximum absolute atomic E-state index is 13.4. The van der Waals surface area contributed by atoms with Gasteiger partial charge < -0.3 is 29.2 Å². The van der Waals surface area contributed by atoms with E-state index in [0.717, 1.165) is 18.4 Å². The van der Waals surface area contributed by atoms with Crippen LogP contribution < -0.4 is 0 Å². The van der Waals surface area contributed by atoms with E-state index in [1.807, 2.05) is 20.8 Å². The van der Waals surface area contributed by atoms with Crippen LogP contribution in [0.25, 0.3) is 0 Å². The van der Waals surface area contributed by atoms with Gasteiger partial charge in [-0.05, 0) is 63.7 Å². The number of aliphatic hydroxyl groups is 2. The summed E-state index contributed by atoms with van der Waals surface area (Å²) in [5.74, 6) is -0.757. The fourth-order valence-electron chi connectivity index (χ4n) is 5.69. The third-order valence-corrected chi connectivity index (χ3v) is 9.91. The average molecular weight is 597 g/mol. The van der Waals surface area contributed by atoms with Crippen LogP contribution in [0.2, 0.25) is 0 Å². The number of ether oxygens (including phenoxy) is 4. The normalized spacial score (nSPS) is 29.8. The molecule has 2 N–H and O–H groups in total. The Labute approximate surface area is 245 Å². The van der Waals surface area contributed by atoms with E-state index in [1.54, 1.807) is 30.3 Å². The van der Waals surface area contributed by atoms with Gasteiger partial charge in [0.05, 0.1) is 65.9 Å². The van der Waals surface area contributed by atoms with E-state index in [1.165, 1.54) is 7.11 Å². The summed E-state index contributed by atoms with van der Waals surface area (Å²) >= 11 is 0. The first kappa shape index (κ1) is 33.7. The summed E-state index contributed by atoms with van der Waals surface area (Å²) in [5.41, 5.74) is 0.386. The number of aliphatic hydroxyl groups excluding tert-OH is 2. The zero-order valence-electron chi connectivity index (χ0n) is 25.0. The van der Waals surface area contributed by atoms with Gasteiger partial charge in [-0.25, -0.2) is 8.42 Å². The maximum atomic E-state index is 13.4. The van der Waals surface area contributed by atoms with Crippen LogP contribution in [0, 0.1) is 17.3 Å². The predicted octanol–water partition coefficient (Wildman–Crippen LogP) is 3.71. The highest BCUT2D eigenvalue weighted by molar-refractivity contribution is 7.91. The van der Waals surface area contributed by atoms with Crippen molar-refractivity contribution in [2.75, 3.05) is 26.1 Å². The SMILES string of the molecule is C=C1[C@H](C)CC(CCCOC(=O)C(C)(C)C)O[C@@H]1C[C@@H]1O[C@H](C[C@H](O)CO)[C@H](OC)C1CS(=O)(=O)c1ccccc1. The Morgan fingerprint density at radius 3 is 2.46 bits per heavy atom. The highest BCUT2D eigenvalue weighted by Crippen LogP contribution is 2.40. The Hall–Kier alpha value is -1.82. The molecule has 1 aromatic rings. The molecule has 232 valence electrons. The van der Waals surface area contributed by atoms with Crippen LogP contribution in [-0.2, 0) is 33.6 Å². The second-order valence-electron chi connectivity index (χ2n) is 12.5. The molecule has 3 rings (SSSR count). The Kier molecular flexibility index (Phi) is 12.0. The zero-order valence-corrected chi connectivity index (χ0v) is 25.8. The summed E-state index contributed by atoms with van der Waals surface area (Å²) in [6.07, 6.45) is -0.461. The van der Waals surface area contributed by atoms with Gasteiger partial charge in [0, 0.05) is 25.9 Å². The van der Waals surface area contributed by atoms with E-state index in [2.05, 4.69) is 13.5 Å². The van der Waals surface area contributed by atoms with Gasteiger partial charge in [0.25, 0.3) is 0 Å². The van der Waals surface area contributed by atoms with Crippen molar-refractivity contribution < 1.29 is 42.4 Å². The molecule has 41 heavy (non-hydrogen) atoms. The molecule has 2 fully saturated rings. The van der Waals surface area contributed by atoms with E-state index in [0.29, 0.717) is 19.4 Å². The maximum Gasteiger partial charge on any atom is 0.311 e. The molecule has 0 saturated carbocycles. The highest BCUT2D eigenvalue weighted by atomic mass is 32.2. The lowest BCUT2D eigenvalue weighted by Gasteiger charge is -2.38. The number of carbonyl (C=O) groups excluding carboxylic acids is 1. The number of hydrogen-bond acceptors (Lipinski definition) is 9. The van der Waals surface area contributed by atoms with Gasteiger partial charge in [-0.1, -0.05) is 31.7 Å². The first-order valence-corrected chi connectivity index (χ1v) is 16.2. The number of carbonyl (C=O) groups is 1. The molecule has 8 atom stereocenters. The summed E-state index contributed by atoms with van der Waals surface area (Å²) in [5, 5.41) is 19.6. The van der Waals surface area contributed by atoms with Crippen molar-refractivity contribution in [1.82, 2.24) is 0 Å². The van der Waals surface area contributed by atoms with Crippen LogP contribution in [-0.4, -0.2) is 87.3 Å². The lowest BCUT2D eigenvalue weighted by molar-refractivity contribution is -0.153. The molecule has 0 aromatic heterocycles. The molecular formula is C31H48O9S. The Morgan fingerprint density at radius 1 is 1.17 bits per heavy atom. The largest absolute Gasteiger partial charge is 0.465 e. The van der Waals surface area contributed by atoms with Gasteiger partial charge in [0.15, 0.2) is 9.84 Å². The number of benzene rings is 1. The van der Waals surface area contributed by atoms with Crippen LogP contribution in [0.3, 0.4) is 0 Å². The van der Waals surface area contributed by atoms with Crippen LogP contribution in [0.15, 0.2) is 47.4 Å². The van der Waals surface area contributed by atoms with Gasteiger partial charge in [0.2, 0.25) is 0 Å². The molecule has 2 heterocycles. The lowest BCUT2D eigenvalue weighted by atomic mass is 9.83. The van der Waals surface area contributed by atoms with Gasteiger partial charge in [-0.2, -0.15) is 0 Å². The first-order valence-electron chi connectivity index (χ1n) is 14.5. The fraction of sp³-hybridized carbons (Fsp3) is 0.710. The zero-order chi connectivity index (χ0) is 30.4. The summed E-state index contributed by atoms with van der Waals surface area (Å²) in [6, 6.07) is 8.30. The summed E-state index contributed by atoms with van der Waals surface area (Å²) in [4.78, 5) is 12.3. The van der Waals surface area contributed by atoms with Gasteiger partial charge in [-0.3, -0.25) is 4.79 Å². The van der Waals surface area contributed by atoms with Crippen molar-refractivity contribution in [3.63, 3.8) is 0 Å². The Morgan fingerprint density at radius 2 is 1.85 bits per heavy atom. The van der Waals surface area contributed by atoms with Crippen molar-refractivity contribution in [3.8, 4) is 0 Å². The number of methoxy groups -OCH3 is 1. The minimum absolute atomic E-state index is 0.0630. The van der Waals surface area contributed by atoms with Gasteiger partial charge >= 0.3 is 5.97 Å². The molecule has 1 aromatic carbocycles. The van der Waals surface area contributed by atoms with E-state index in [4.69, 9.17) is 18.9 Å². The fourth-order valence-corrected chi connectivity index (χ4v) is 7.37. The summed E-state index contributed by atoms with van der Waals surface area (Å²) in [7, 11) is -2.15. The molecule has 2 aliphatic rings. The van der Waals surface area contributed by atoms with Crippen LogP contribution in [0.1, 0.15) is 59.8 Å². The standard InChI is InChI=1S/C31H48O9S/c1-20-15-23(11-10-14-38-30(34)31(3,4)5)39-26(21(20)2)17-27-25(19-41(35,36)24-12-8-7-9-13-24)29(37-6)28(40-27)16-22(33)18-32/h7-9,12-13,20,22-23,25-29,32-33H,2,10-11,14-19H2,1,3-6H3/t20-,22+,23?,25?,26-,27+,28-,29-/m1/s1. The number of esters is 1. The smallest absolute Gasteiger partial charge is 0.311 e. The molecule has 0 amide bonds. The molecule has 0 radical (unpaired) electrons. The number of sulfone groups is 1. The quantitative estimate of drug-likeness (QED) is 0.199. The number of hydrogen-bond donors (Lipinski definition) is 2. The van der Waals surface area contributed by atoms with E-state index in [-0.39, 0.29) is 41.2 Å². The predicted molar refractivity (Wildman–Crippen MR) is 155 cm³/mol. The highest BCUT2D eigenvalue weighted by Gasteiger charge is 2.48.